The van der Waals surface area contributed by atoms with Crippen molar-refractivity contribution in [1.29, 1.82) is 0 Å². The number of halogens is 3. The van der Waals surface area contributed by atoms with Crippen LogP contribution in [0.3, 0.4) is 0 Å². The minimum atomic E-state index is -4.53. The Labute approximate surface area is 215 Å². The Morgan fingerprint density at radius 2 is 1.67 bits per heavy atom. The molecule has 0 saturated carbocycles. The fraction of sp³-hybridized carbons (Fsp3) is 0.0714. The number of anilines is 1. The SMILES string of the molecule is O=C1/C(=C/c2c(OCc3ccccc3)ccc3ccccc23)SC(=S)N1c1cccc(C(F)(F)F)c1. The summed E-state index contributed by atoms with van der Waals surface area (Å²) in [7, 11) is 0. The molecule has 0 unspecified atom stereocenters. The predicted octanol–water partition coefficient (Wildman–Crippen LogP) is 7.84. The first-order valence-corrected chi connectivity index (χ1v) is 12.2. The van der Waals surface area contributed by atoms with Gasteiger partial charge in [0.05, 0.1) is 16.2 Å². The van der Waals surface area contributed by atoms with Crippen molar-refractivity contribution in [3.05, 3.63) is 113 Å². The highest BCUT2D eigenvalue weighted by Gasteiger charge is 2.36. The van der Waals surface area contributed by atoms with Crippen LogP contribution < -0.4 is 9.64 Å². The summed E-state index contributed by atoms with van der Waals surface area (Å²) >= 11 is 6.44. The quantitative estimate of drug-likeness (QED) is 0.198. The number of carbonyl (C=O) groups is 1. The second-order valence-electron chi connectivity index (χ2n) is 8.04. The summed E-state index contributed by atoms with van der Waals surface area (Å²) in [5.74, 6) is 0.105. The van der Waals surface area contributed by atoms with E-state index in [9.17, 15) is 18.0 Å². The molecule has 1 saturated heterocycles. The molecule has 0 atom stereocenters. The maximum atomic E-state index is 13.3. The summed E-state index contributed by atoms with van der Waals surface area (Å²) in [6.07, 6.45) is -2.82. The zero-order valence-corrected chi connectivity index (χ0v) is 20.3. The van der Waals surface area contributed by atoms with Crippen molar-refractivity contribution in [3.8, 4) is 5.75 Å². The number of ether oxygens (including phenoxy) is 1. The topological polar surface area (TPSA) is 29.5 Å². The van der Waals surface area contributed by atoms with E-state index in [1.807, 2.05) is 66.7 Å². The van der Waals surface area contributed by atoms with E-state index in [0.717, 1.165) is 45.1 Å². The van der Waals surface area contributed by atoms with Gasteiger partial charge in [-0.3, -0.25) is 9.69 Å². The van der Waals surface area contributed by atoms with Gasteiger partial charge in [-0.1, -0.05) is 90.7 Å². The minimum Gasteiger partial charge on any atom is -0.488 e. The molecule has 1 fully saturated rings. The van der Waals surface area contributed by atoms with Crippen LogP contribution in [0.1, 0.15) is 16.7 Å². The Kier molecular flexibility index (Phi) is 6.55. The molecule has 1 heterocycles. The lowest BCUT2D eigenvalue weighted by Crippen LogP contribution is -2.27. The molecule has 8 heteroatoms. The number of amides is 1. The highest BCUT2D eigenvalue weighted by atomic mass is 32.2. The zero-order chi connectivity index (χ0) is 25.3. The molecular formula is C28H18F3NO2S2. The predicted molar refractivity (Wildman–Crippen MR) is 142 cm³/mol. The van der Waals surface area contributed by atoms with Gasteiger partial charge >= 0.3 is 6.18 Å². The van der Waals surface area contributed by atoms with Crippen molar-refractivity contribution in [1.82, 2.24) is 0 Å². The number of alkyl halides is 3. The Bertz CT molecular complexity index is 1500. The van der Waals surface area contributed by atoms with E-state index in [4.69, 9.17) is 17.0 Å². The fourth-order valence-corrected chi connectivity index (χ4v) is 5.21. The average molecular weight is 522 g/mol. The van der Waals surface area contributed by atoms with Crippen LogP contribution in [0.4, 0.5) is 18.9 Å². The Morgan fingerprint density at radius 3 is 2.44 bits per heavy atom. The number of rotatable bonds is 5. The maximum absolute atomic E-state index is 13.3. The van der Waals surface area contributed by atoms with Crippen molar-refractivity contribution < 1.29 is 22.7 Å². The molecule has 4 aromatic rings. The van der Waals surface area contributed by atoms with Crippen molar-refractivity contribution in [2.75, 3.05) is 4.90 Å². The largest absolute Gasteiger partial charge is 0.488 e. The van der Waals surface area contributed by atoms with E-state index in [1.54, 1.807) is 6.08 Å². The molecular weight excluding hydrogens is 503 g/mol. The Hall–Kier alpha value is -3.62. The summed E-state index contributed by atoms with van der Waals surface area (Å²) in [5, 5.41) is 1.84. The normalized spacial score (nSPS) is 15.2. The lowest BCUT2D eigenvalue weighted by Gasteiger charge is -2.16. The molecule has 4 aromatic carbocycles. The van der Waals surface area contributed by atoms with Gasteiger partial charge in [0.2, 0.25) is 0 Å². The van der Waals surface area contributed by atoms with E-state index in [2.05, 4.69) is 0 Å². The van der Waals surface area contributed by atoms with Gasteiger partial charge in [0, 0.05) is 5.56 Å². The summed E-state index contributed by atoms with van der Waals surface area (Å²) in [4.78, 5) is 14.8. The van der Waals surface area contributed by atoms with Gasteiger partial charge in [-0.15, -0.1) is 0 Å². The summed E-state index contributed by atoms with van der Waals surface area (Å²) < 4.78 is 46.0. The van der Waals surface area contributed by atoms with Gasteiger partial charge in [0.15, 0.2) is 4.32 Å². The monoisotopic (exact) mass is 521 g/mol. The van der Waals surface area contributed by atoms with Crippen molar-refractivity contribution in [3.63, 3.8) is 0 Å². The highest BCUT2D eigenvalue weighted by Crippen LogP contribution is 2.40. The van der Waals surface area contributed by atoms with Crippen molar-refractivity contribution in [2.24, 2.45) is 0 Å². The van der Waals surface area contributed by atoms with Crippen LogP contribution >= 0.6 is 24.0 Å². The first-order valence-electron chi connectivity index (χ1n) is 10.9. The Morgan fingerprint density at radius 1 is 0.917 bits per heavy atom. The van der Waals surface area contributed by atoms with Gasteiger partial charge in [-0.2, -0.15) is 13.2 Å². The molecule has 0 radical (unpaired) electrons. The van der Waals surface area contributed by atoms with Crippen LogP contribution in [0.5, 0.6) is 5.75 Å². The van der Waals surface area contributed by atoms with Gasteiger partial charge < -0.3 is 4.74 Å². The van der Waals surface area contributed by atoms with E-state index in [0.29, 0.717) is 22.8 Å². The van der Waals surface area contributed by atoms with Gasteiger partial charge in [0.1, 0.15) is 12.4 Å². The number of benzene rings is 4. The molecule has 0 spiro atoms. The average Bonchev–Trinajstić information content (AvgIpc) is 3.16. The van der Waals surface area contributed by atoms with Crippen LogP contribution in [0.2, 0.25) is 0 Å². The number of hydrogen-bond acceptors (Lipinski definition) is 4. The molecule has 0 aliphatic carbocycles. The number of hydrogen-bond donors (Lipinski definition) is 0. The number of nitrogens with zero attached hydrogens (tertiary/aromatic N) is 1. The molecule has 3 nitrogen and oxygen atoms in total. The van der Waals surface area contributed by atoms with E-state index >= 15 is 0 Å². The molecule has 36 heavy (non-hydrogen) atoms. The summed E-state index contributed by atoms with van der Waals surface area (Å²) in [6, 6.07) is 25.8. The van der Waals surface area contributed by atoms with Crippen molar-refractivity contribution in [2.45, 2.75) is 12.8 Å². The van der Waals surface area contributed by atoms with Crippen LogP contribution in [-0.2, 0) is 17.6 Å². The summed E-state index contributed by atoms with van der Waals surface area (Å²) in [5.41, 5.74) is 0.930. The number of thiocarbonyl (C=S) groups is 1. The lowest BCUT2D eigenvalue weighted by molar-refractivity contribution is -0.137. The molecule has 0 aromatic heterocycles. The van der Waals surface area contributed by atoms with Crippen LogP contribution in [0, 0.1) is 0 Å². The van der Waals surface area contributed by atoms with E-state index < -0.39 is 17.6 Å². The van der Waals surface area contributed by atoms with Crippen LogP contribution in [0.25, 0.3) is 16.8 Å². The first kappa shape index (κ1) is 24.1. The third-order valence-corrected chi connectivity index (χ3v) is 6.97. The minimum absolute atomic E-state index is 0.0780. The molecule has 1 aliphatic heterocycles. The maximum Gasteiger partial charge on any atom is 0.416 e. The Balaban J connectivity index is 1.53. The third-order valence-electron chi connectivity index (χ3n) is 5.67. The highest BCUT2D eigenvalue weighted by molar-refractivity contribution is 8.27. The molecule has 180 valence electrons. The zero-order valence-electron chi connectivity index (χ0n) is 18.7. The second kappa shape index (κ2) is 9.79. The van der Waals surface area contributed by atoms with Crippen LogP contribution in [-0.4, -0.2) is 10.2 Å². The fourth-order valence-electron chi connectivity index (χ4n) is 3.93. The van der Waals surface area contributed by atoms with E-state index in [-0.39, 0.29) is 10.0 Å². The molecule has 5 rings (SSSR count). The molecule has 1 amide bonds. The van der Waals surface area contributed by atoms with Gasteiger partial charge in [-0.05, 0) is 46.7 Å². The number of carbonyl (C=O) groups excluding carboxylic acids is 1. The van der Waals surface area contributed by atoms with E-state index in [1.165, 1.54) is 12.1 Å². The third kappa shape index (κ3) is 4.87. The first-order chi connectivity index (χ1) is 17.3. The standard InChI is InChI=1S/C28H18F3NO2S2/c29-28(30,31)20-10-6-11-21(15-20)32-26(33)25(36-27(32)35)16-23-22-12-5-4-9-19(22)13-14-24(23)34-17-18-7-2-1-3-8-18/h1-16H,17H2/b25-16-. The lowest BCUT2D eigenvalue weighted by atomic mass is 10.0. The molecule has 0 bridgehead atoms. The van der Waals surface area contributed by atoms with Crippen LogP contribution in [0.15, 0.2) is 95.9 Å². The number of fused-ring (bicyclic) bond motifs is 1. The van der Waals surface area contributed by atoms with Gasteiger partial charge in [0.25, 0.3) is 5.91 Å². The summed E-state index contributed by atoms with van der Waals surface area (Å²) in [6.45, 7) is 0.339. The van der Waals surface area contributed by atoms with Crippen molar-refractivity contribution >= 4 is 56.7 Å². The second-order valence-corrected chi connectivity index (χ2v) is 9.71. The molecule has 0 N–H and O–H groups in total. The smallest absolute Gasteiger partial charge is 0.416 e. The molecule has 1 aliphatic rings. The number of thioether (sulfide) groups is 1. The van der Waals surface area contributed by atoms with Gasteiger partial charge in [-0.25, -0.2) is 0 Å².